The number of hydrogen-bond acceptors (Lipinski definition) is 3. The quantitative estimate of drug-likeness (QED) is 0.860. The lowest BCUT2D eigenvalue weighted by Crippen LogP contribution is -2.43. The maximum Gasteiger partial charge on any atom is 0.214 e. The molecule has 1 N–H and O–H groups in total. The highest BCUT2D eigenvalue weighted by Gasteiger charge is 2.31. The van der Waals surface area contributed by atoms with E-state index in [1.54, 1.807) is 4.31 Å². The van der Waals surface area contributed by atoms with Gasteiger partial charge in [-0.05, 0) is 37.8 Å². The van der Waals surface area contributed by atoms with Crippen molar-refractivity contribution in [1.82, 2.24) is 9.62 Å². The van der Waals surface area contributed by atoms with Gasteiger partial charge in [0.15, 0.2) is 0 Å². The van der Waals surface area contributed by atoms with Gasteiger partial charge in [0, 0.05) is 13.1 Å². The monoisotopic (exact) mass is 298 g/mol. The van der Waals surface area contributed by atoms with Gasteiger partial charge in [0.1, 0.15) is 0 Å². The van der Waals surface area contributed by atoms with Crippen LogP contribution < -0.4 is 5.32 Å². The normalized spacial score (nSPS) is 19.6. The average Bonchev–Trinajstić information content (AvgIpc) is 2.15. The van der Waals surface area contributed by atoms with E-state index >= 15 is 0 Å². The highest BCUT2D eigenvalue weighted by atomic mass is 35.5. The zero-order valence-corrected chi connectivity index (χ0v) is 13.5. The summed E-state index contributed by atoms with van der Waals surface area (Å²) in [6.45, 7) is 8.28. The Bertz CT molecular complexity index is 330. The lowest BCUT2D eigenvalue weighted by molar-refractivity contribution is 0.267. The van der Waals surface area contributed by atoms with Crippen LogP contribution in [0.25, 0.3) is 0 Å². The van der Waals surface area contributed by atoms with E-state index in [0.29, 0.717) is 19.0 Å². The third-order valence-electron chi connectivity index (χ3n) is 3.08. The number of halogens is 1. The zero-order valence-electron chi connectivity index (χ0n) is 11.9. The maximum atomic E-state index is 12.2. The van der Waals surface area contributed by atoms with Gasteiger partial charge >= 0.3 is 0 Å². The van der Waals surface area contributed by atoms with E-state index in [0.717, 1.165) is 19.4 Å². The van der Waals surface area contributed by atoms with E-state index in [-0.39, 0.29) is 23.6 Å². The molecule has 0 unspecified atom stereocenters. The molecule has 6 heteroatoms. The van der Waals surface area contributed by atoms with Crippen molar-refractivity contribution in [3.63, 3.8) is 0 Å². The number of sulfonamides is 1. The van der Waals surface area contributed by atoms with Crippen LogP contribution in [-0.4, -0.2) is 45.2 Å². The lowest BCUT2D eigenvalue weighted by atomic mass is 9.98. The summed E-state index contributed by atoms with van der Waals surface area (Å²) in [6, 6.07) is 0. The second kappa shape index (κ2) is 7.08. The van der Waals surface area contributed by atoms with Gasteiger partial charge in [-0.25, -0.2) is 12.7 Å². The molecule has 0 amide bonds. The predicted molar refractivity (Wildman–Crippen MR) is 78.7 cm³/mol. The smallest absolute Gasteiger partial charge is 0.214 e. The van der Waals surface area contributed by atoms with Gasteiger partial charge in [-0.3, -0.25) is 0 Å². The minimum Gasteiger partial charge on any atom is -0.319 e. The van der Waals surface area contributed by atoms with E-state index in [4.69, 9.17) is 0 Å². The molecule has 1 saturated heterocycles. The van der Waals surface area contributed by atoms with Crippen LogP contribution in [-0.2, 0) is 10.0 Å². The molecule has 0 aromatic rings. The summed E-state index contributed by atoms with van der Waals surface area (Å²) in [5, 5.41) is 3.16. The molecule has 110 valence electrons. The van der Waals surface area contributed by atoms with Gasteiger partial charge in [-0.2, -0.15) is 0 Å². The third kappa shape index (κ3) is 5.87. The standard InChI is InChI=1S/C12H26N2O2S.ClH/c1-12(2,3)10-17(15,16)14-7-5-11(6-8-14)9-13-4;/h11,13H,5-10H2,1-4H3;1H. The predicted octanol–water partition coefficient (Wildman–Crippen LogP) is 1.72. The third-order valence-corrected chi connectivity index (χ3v) is 5.46. The topological polar surface area (TPSA) is 49.4 Å². The molecule has 0 aliphatic carbocycles. The van der Waals surface area contributed by atoms with Crippen molar-refractivity contribution < 1.29 is 8.42 Å². The summed E-state index contributed by atoms with van der Waals surface area (Å²) in [6.07, 6.45) is 1.95. The number of nitrogens with zero attached hydrogens (tertiary/aromatic N) is 1. The molecule has 0 saturated carbocycles. The van der Waals surface area contributed by atoms with Gasteiger partial charge in [0.05, 0.1) is 5.75 Å². The van der Waals surface area contributed by atoms with Crippen LogP contribution in [0.5, 0.6) is 0 Å². The Balaban J connectivity index is 0.00000289. The van der Waals surface area contributed by atoms with Crippen LogP contribution in [0.2, 0.25) is 0 Å². The fourth-order valence-electron chi connectivity index (χ4n) is 2.32. The summed E-state index contributed by atoms with van der Waals surface area (Å²) in [4.78, 5) is 0. The van der Waals surface area contributed by atoms with Crippen molar-refractivity contribution in [2.75, 3.05) is 32.4 Å². The Morgan fingerprint density at radius 1 is 1.22 bits per heavy atom. The van der Waals surface area contributed by atoms with Crippen molar-refractivity contribution >= 4 is 22.4 Å². The van der Waals surface area contributed by atoms with Crippen LogP contribution in [0.3, 0.4) is 0 Å². The van der Waals surface area contributed by atoms with Crippen molar-refractivity contribution in [1.29, 1.82) is 0 Å². The number of rotatable bonds is 4. The number of piperidine rings is 1. The molecule has 0 radical (unpaired) electrons. The number of nitrogens with one attached hydrogen (secondary N) is 1. The molecule has 1 rings (SSSR count). The van der Waals surface area contributed by atoms with Crippen LogP contribution >= 0.6 is 12.4 Å². The van der Waals surface area contributed by atoms with Crippen molar-refractivity contribution in [3.05, 3.63) is 0 Å². The minimum atomic E-state index is -3.07. The molecule has 1 fully saturated rings. The number of hydrogen-bond donors (Lipinski definition) is 1. The van der Waals surface area contributed by atoms with Gasteiger partial charge in [-0.1, -0.05) is 20.8 Å². The molecule has 1 aliphatic heterocycles. The molecule has 0 aromatic heterocycles. The van der Waals surface area contributed by atoms with Gasteiger partial charge in [-0.15, -0.1) is 12.4 Å². The highest BCUT2D eigenvalue weighted by Crippen LogP contribution is 2.23. The van der Waals surface area contributed by atoms with Gasteiger partial charge in [0.2, 0.25) is 10.0 Å². The molecule has 0 aromatic carbocycles. The molecule has 0 spiro atoms. The van der Waals surface area contributed by atoms with E-state index < -0.39 is 10.0 Å². The molecular formula is C12H27ClN2O2S. The van der Waals surface area contributed by atoms with Crippen LogP contribution in [0, 0.1) is 11.3 Å². The SMILES string of the molecule is CNCC1CCN(S(=O)(=O)CC(C)(C)C)CC1.Cl. The Kier molecular flexibility index (Phi) is 7.14. The maximum absolute atomic E-state index is 12.2. The molecule has 1 heterocycles. The molecule has 0 bridgehead atoms. The second-order valence-electron chi connectivity index (χ2n) is 6.22. The Hall–Kier alpha value is 0.160. The molecule has 18 heavy (non-hydrogen) atoms. The van der Waals surface area contributed by atoms with Crippen LogP contribution in [0.1, 0.15) is 33.6 Å². The van der Waals surface area contributed by atoms with Crippen molar-refractivity contribution in [2.45, 2.75) is 33.6 Å². The summed E-state index contributed by atoms with van der Waals surface area (Å²) >= 11 is 0. The lowest BCUT2D eigenvalue weighted by Gasteiger charge is -2.33. The van der Waals surface area contributed by atoms with Crippen LogP contribution in [0.15, 0.2) is 0 Å². The van der Waals surface area contributed by atoms with Gasteiger partial charge < -0.3 is 5.32 Å². The molecule has 4 nitrogen and oxygen atoms in total. The first-order valence-corrected chi connectivity index (χ1v) is 7.98. The highest BCUT2D eigenvalue weighted by molar-refractivity contribution is 7.89. The minimum absolute atomic E-state index is 0. The Morgan fingerprint density at radius 3 is 2.11 bits per heavy atom. The van der Waals surface area contributed by atoms with E-state index in [1.165, 1.54) is 0 Å². The first kappa shape index (κ1) is 18.2. The van der Waals surface area contributed by atoms with E-state index in [2.05, 4.69) is 5.32 Å². The van der Waals surface area contributed by atoms with Crippen molar-refractivity contribution in [2.24, 2.45) is 11.3 Å². The second-order valence-corrected chi connectivity index (χ2v) is 8.19. The summed E-state index contributed by atoms with van der Waals surface area (Å²) in [5.41, 5.74) is -0.166. The zero-order chi connectivity index (χ0) is 13.1. The first-order valence-electron chi connectivity index (χ1n) is 6.37. The molecule has 0 atom stereocenters. The largest absolute Gasteiger partial charge is 0.319 e. The average molecular weight is 299 g/mol. The fourth-order valence-corrected chi connectivity index (χ4v) is 4.36. The van der Waals surface area contributed by atoms with Crippen molar-refractivity contribution in [3.8, 4) is 0 Å². The molecule has 1 aliphatic rings. The summed E-state index contributed by atoms with van der Waals surface area (Å²) in [7, 11) is -1.12. The molecular weight excluding hydrogens is 272 g/mol. The first-order chi connectivity index (χ1) is 7.74. The summed E-state index contributed by atoms with van der Waals surface area (Å²) in [5.74, 6) is 0.873. The van der Waals surface area contributed by atoms with Crippen LogP contribution in [0.4, 0.5) is 0 Å². The summed E-state index contributed by atoms with van der Waals surface area (Å²) < 4.78 is 26.0. The fraction of sp³-hybridized carbons (Fsp3) is 1.00. The van der Waals surface area contributed by atoms with Gasteiger partial charge in [0.25, 0.3) is 0 Å². The Morgan fingerprint density at radius 2 is 1.72 bits per heavy atom. The Labute approximate surface area is 118 Å². The van der Waals surface area contributed by atoms with E-state index in [1.807, 2.05) is 27.8 Å². The van der Waals surface area contributed by atoms with E-state index in [9.17, 15) is 8.42 Å².